The highest BCUT2D eigenvalue weighted by Crippen LogP contribution is 2.34. The van der Waals surface area contributed by atoms with Crippen molar-refractivity contribution >= 4 is 34.9 Å². The quantitative estimate of drug-likeness (QED) is 0.460. The largest absolute Gasteiger partial charge is 0.488 e. The van der Waals surface area contributed by atoms with E-state index in [-0.39, 0.29) is 17.4 Å². The molecule has 7 heteroatoms. The summed E-state index contributed by atoms with van der Waals surface area (Å²) in [4.78, 5) is 38.3. The molecule has 1 N–H and O–H groups in total. The van der Waals surface area contributed by atoms with Gasteiger partial charge in [0.2, 0.25) is 5.91 Å². The van der Waals surface area contributed by atoms with E-state index in [2.05, 4.69) is 5.32 Å². The highest BCUT2D eigenvalue weighted by molar-refractivity contribution is 8.18. The molecule has 3 rings (SSSR count). The molecule has 31 heavy (non-hydrogen) atoms. The van der Waals surface area contributed by atoms with Crippen LogP contribution >= 0.6 is 11.8 Å². The Morgan fingerprint density at radius 1 is 1.13 bits per heavy atom. The molecule has 0 atom stereocenters. The van der Waals surface area contributed by atoms with Gasteiger partial charge in [-0.05, 0) is 42.8 Å². The molecule has 2 aromatic carbocycles. The fraction of sp³-hybridized carbons (Fsp3) is 0.292. The number of aryl methyl sites for hydroxylation is 1. The fourth-order valence-corrected chi connectivity index (χ4v) is 3.79. The lowest BCUT2D eigenvalue weighted by atomic mass is 10.1. The Kier molecular flexibility index (Phi) is 7.89. The van der Waals surface area contributed by atoms with Crippen molar-refractivity contribution in [1.82, 2.24) is 10.2 Å². The first-order valence-electron chi connectivity index (χ1n) is 10.3. The van der Waals surface area contributed by atoms with Gasteiger partial charge in [0.1, 0.15) is 18.9 Å². The molecule has 1 heterocycles. The molecule has 1 aliphatic rings. The summed E-state index contributed by atoms with van der Waals surface area (Å²) in [6.45, 7) is 4.71. The number of hydrogen-bond donors (Lipinski definition) is 1. The molecule has 0 unspecified atom stereocenters. The number of nitrogens with zero attached hydrogens (tertiary/aromatic N) is 1. The summed E-state index contributed by atoms with van der Waals surface area (Å²) in [6, 6.07) is 15.4. The van der Waals surface area contributed by atoms with Gasteiger partial charge in [-0.2, -0.15) is 0 Å². The number of imide groups is 1. The van der Waals surface area contributed by atoms with Crippen molar-refractivity contribution in [2.24, 2.45) is 0 Å². The van der Waals surface area contributed by atoms with Gasteiger partial charge in [0.15, 0.2) is 0 Å². The average molecular weight is 439 g/mol. The van der Waals surface area contributed by atoms with E-state index in [4.69, 9.17) is 4.74 Å². The maximum atomic E-state index is 12.7. The number of carbonyl (C=O) groups excluding carboxylic acids is 3. The molecule has 162 valence electrons. The molecule has 1 saturated heterocycles. The Bertz CT molecular complexity index is 985. The van der Waals surface area contributed by atoms with E-state index < -0.39 is 11.1 Å². The first-order chi connectivity index (χ1) is 15.0. The SMILES string of the molecule is CCCCNC(=O)CN1C(=O)S/C(=C\c2ccccc2OCc2ccc(C)cc2)C1=O. The van der Waals surface area contributed by atoms with E-state index in [0.717, 1.165) is 35.1 Å². The third-order valence-corrected chi connectivity index (χ3v) is 5.66. The number of amides is 3. The van der Waals surface area contributed by atoms with Gasteiger partial charge in [0.05, 0.1) is 4.91 Å². The van der Waals surface area contributed by atoms with Gasteiger partial charge in [0, 0.05) is 12.1 Å². The molecule has 0 spiro atoms. The first-order valence-corrected chi connectivity index (χ1v) is 11.1. The van der Waals surface area contributed by atoms with Crippen LogP contribution < -0.4 is 10.1 Å². The summed E-state index contributed by atoms with van der Waals surface area (Å²) < 4.78 is 5.95. The molecule has 0 bridgehead atoms. The Morgan fingerprint density at radius 2 is 1.87 bits per heavy atom. The third kappa shape index (κ3) is 6.21. The molecule has 6 nitrogen and oxygen atoms in total. The van der Waals surface area contributed by atoms with Gasteiger partial charge in [0.25, 0.3) is 11.1 Å². The second-order valence-electron chi connectivity index (χ2n) is 7.28. The van der Waals surface area contributed by atoms with E-state index in [0.29, 0.717) is 24.5 Å². The van der Waals surface area contributed by atoms with Crippen molar-refractivity contribution in [3.63, 3.8) is 0 Å². The average Bonchev–Trinajstić information content (AvgIpc) is 3.02. The fourth-order valence-electron chi connectivity index (χ4n) is 2.96. The van der Waals surface area contributed by atoms with Crippen LogP contribution in [0.2, 0.25) is 0 Å². The molecule has 0 aliphatic carbocycles. The number of hydrogen-bond acceptors (Lipinski definition) is 5. The van der Waals surface area contributed by atoms with Crippen LogP contribution in [0, 0.1) is 6.92 Å². The third-order valence-electron chi connectivity index (χ3n) is 4.75. The zero-order valence-electron chi connectivity index (χ0n) is 17.7. The number of para-hydroxylation sites is 1. The Morgan fingerprint density at radius 3 is 2.61 bits per heavy atom. The highest BCUT2D eigenvalue weighted by Gasteiger charge is 2.36. The van der Waals surface area contributed by atoms with E-state index in [1.807, 2.05) is 62.4 Å². The van der Waals surface area contributed by atoms with Gasteiger partial charge < -0.3 is 10.1 Å². The van der Waals surface area contributed by atoms with Crippen LogP contribution in [0.1, 0.15) is 36.5 Å². The van der Waals surface area contributed by atoms with E-state index in [1.165, 1.54) is 5.56 Å². The molecule has 0 radical (unpaired) electrons. The summed E-state index contributed by atoms with van der Waals surface area (Å²) in [7, 11) is 0. The topological polar surface area (TPSA) is 75.7 Å². The second-order valence-corrected chi connectivity index (χ2v) is 8.28. The summed E-state index contributed by atoms with van der Waals surface area (Å²) in [6.07, 6.45) is 3.45. The number of thioether (sulfide) groups is 1. The summed E-state index contributed by atoms with van der Waals surface area (Å²) >= 11 is 0.835. The Balaban J connectivity index is 1.68. The van der Waals surface area contributed by atoms with Crippen molar-refractivity contribution in [3.05, 3.63) is 70.1 Å². The molecule has 0 aromatic heterocycles. The van der Waals surface area contributed by atoms with E-state index in [1.54, 1.807) is 6.08 Å². The zero-order valence-corrected chi connectivity index (χ0v) is 18.5. The molecule has 1 aliphatic heterocycles. The van der Waals surface area contributed by atoms with Crippen LogP contribution in [0.5, 0.6) is 5.75 Å². The van der Waals surface area contributed by atoms with Gasteiger partial charge >= 0.3 is 0 Å². The monoisotopic (exact) mass is 438 g/mol. The van der Waals surface area contributed by atoms with Crippen molar-refractivity contribution in [1.29, 1.82) is 0 Å². The van der Waals surface area contributed by atoms with Crippen LogP contribution in [0.4, 0.5) is 4.79 Å². The number of unbranched alkanes of at least 4 members (excludes halogenated alkanes) is 1. The second kappa shape index (κ2) is 10.8. The summed E-state index contributed by atoms with van der Waals surface area (Å²) in [5.41, 5.74) is 2.92. The van der Waals surface area contributed by atoms with E-state index >= 15 is 0 Å². The van der Waals surface area contributed by atoms with Gasteiger partial charge in [-0.3, -0.25) is 19.3 Å². The number of ether oxygens (including phenoxy) is 1. The molecule has 2 aromatic rings. The van der Waals surface area contributed by atoms with Crippen LogP contribution in [0.15, 0.2) is 53.4 Å². The predicted molar refractivity (Wildman–Crippen MR) is 123 cm³/mol. The minimum Gasteiger partial charge on any atom is -0.488 e. The van der Waals surface area contributed by atoms with Crippen molar-refractivity contribution < 1.29 is 19.1 Å². The number of benzene rings is 2. The lowest BCUT2D eigenvalue weighted by molar-refractivity contribution is -0.129. The predicted octanol–water partition coefficient (Wildman–Crippen LogP) is 4.53. The van der Waals surface area contributed by atoms with Crippen LogP contribution in [0.25, 0.3) is 6.08 Å². The number of rotatable bonds is 9. The van der Waals surface area contributed by atoms with Crippen molar-refractivity contribution in [2.45, 2.75) is 33.3 Å². The minimum atomic E-state index is -0.464. The van der Waals surface area contributed by atoms with Gasteiger partial charge in [-0.25, -0.2) is 0 Å². The van der Waals surface area contributed by atoms with Crippen molar-refractivity contribution in [2.75, 3.05) is 13.1 Å². The molecule has 1 fully saturated rings. The Hall–Kier alpha value is -3.06. The lowest BCUT2D eigenvalue weighted by Gasteiger charge is -2.12. The molecule has 0 saturated carbocycles. The van der Waals surface area contributed by atoms with Crippen LogP contribution in [-0.2, 0) is 16.2 Å². The van der Waals surface area contributed by atoms with Crippen LogP contribution in [-0.4, -0.2) is 35.0 Å². The standard InChI is InChI=1S/C24H26N2O4S/c1-3-4-13-25-22(27)15-26-23(28)21(31-24(26)29)14-19-7-5-6-8-20(19)30-16-18-11-9-17(2)10-12-18/h5-12,14H,3-4,13,15-16H2,1-2H3,(H,25,27)/b21-14-. The van der Waals surface area contributed by atoms with Crippen molar-refractivity contribution in [3.8, 4) is 5.75 Å². The lowest BCUT2D eigenvalue weighted by Crippen LogP contribution is -2.39. The van der Waals surface area contributed by atoms with Gasteiger partial charge in [-0.1, -0.05) is 61.4 Å². The summed E-state index contributed by atoms with van der Waals surface area (Å²) in [5, 5.41) is 2.28. The minimum absolute atomic E-state index is 0.267. The van der Waals surface area contributed by atoms with Crippen LogP contribution in [0.3, 0.4) is 0 Å². The molecule has 3 amide bonds. The summed E-state index contributed by atoms with van der Waals surface area (Å²) in [5.74, 6) is -0.181. The Labute approximate surface area is 186 Å². The van der Waals surface area contributed by atoms with E-state index in [9.17, 15) is 14.4 Å². The smallest absolute Gasteiger partial charge is 0.294 e. The first kappa shape index (κ1) is 22.6. The highest BCUT2D eigenvalue weighted by atomic mass is 32.2. The normalized spacial score (nSPS) is 14.9. The van der Waals surface area contributed by atoms with Gasteiger partial charge in [-0.15, -0.1) is 0 Å². The molecular weight excluding hydrogens is 412 g/mol. The number of carbonyl (C=O) groups is 3. The maximum absolute atomic E-state index is 12.7. The number of nitrogens with one attached hydrogen (secondary N) is 1. The zero-order chi connectivity index (χ0) is 22.2. The molecular formula is C24H26N2O4S. The maximum Gasteiger partial charge on any atom is 0.294 e.